The zero-order chi connectivity index (χ0) is 9.84. The smallest absolute Gasteiger partial charge is 0.302 e. The summed E-state index contributed by atoms with van der Waals surface area (Å²) in [6, 6.07) is 0. The Hall–Kier alpha value is -0.400. The molecule has 2 atom stereocenters. The van der Waals surface area contributed by atoms with Crippen LogP contribution in [0.25, 0.3) is 0 Å². The van der Waals surface area contributed by atoms with E-state index in [0.29, 0.717) is 5.92 Å². The average molecular weight is 201 g/mol. The van der Waals surface area contributed by atoms with E-state index in [0.717, 1.165) is 19.5 Å². The zero-order valence-electron chi connectivity index (χ0n) is 8.12. The molecule has 0 amide bonds. The lowest BCUT2D eigenvalue weighted by atomic mass is 9.97. The largest absolute Gasteiger partial charge is 0.462 e. The van der Waals surface area contributed by atoms with Crippen LogP contribution in [0.4, 0.5) is 0 Å². The van der Waals surface area contributed by atoms with Gasteiger partial charge in [0, 0.05) is 25.9 Å². The van der Waals surface area contributed by atoms with Crippen LogP contribution in [-0.2, 0) is 9.53 Å². The highest BCUT2D eigenvalue weighted by atomic mass is 31.0. The minimum absolute atomic E-state index is 0.0474. The van der Waals surface area contributed by atoms with Crippen molar-refractivity contribution >= 4 is 20.6 Å². The minimum Gasteiger partial charge on any atom is -0.462 e. The Labute approximate surface area is 81.3 Å². The Balaban J connectivity index is 2.52. The molecule has 1 heterocycles. The molecule has 0 saturated carbocycles. The summed E-state index contributed by atoms with van der Waals surface area (Å²) in [4.78, 5) is 13.0. The second-order valence-corrected chi connectivity index (χ2v) is 3.86. The van der Waals surface area contributed by atoms with E-state index in [2.05, 4.69) is 20.8 Å². The van der Waals surface area contributed by atoms with Crippen LogP contribution in [0.3, 0.4) is 0 Å². The minimum atomic E-state index is -0.187. The molecule has 3 nitrogen and oxygen atoms in total. The molecule has 0 aliphatic carbocycles. The molecule has 1 rings (SSSR count). The normalized spacial score (nSPS) is 29.7. The molecule has 1 saturated heterocycles. The summed E-state index contributed by atoms with van der Waals surface area (Å²) in [6.07, 6.45) is 0.966. The first kappa shape index (κ1) is 10.7. The van der Waals surface area contributed by atoms with Crippen LogP contribution < -0.4 is 0 Å². The fourth-order valence-electron chi connectivity index (χ4n) is 1.65. The molecule has 0 aromatic rings. The fraction of sp³-hybridized carbons (Fsp3) is 0.778. The number of nitrogens with zero attached hydrogens (tertiary/aromatic N) is 1. The summed E-state index contributed by atoms with van der Waals surface area (Å²) in [5.74, 6) is 2.05. The van der Waals surface area contributed by atoms with Gasteiger partial charge >= 0.3 is 5.97 Å². The van der Waals surface area contributed by atoms with Crippen molar-refractivity contribution in [3.05, 3.63) is 0 Å². The molecule has 13 heavy (non-hydrogen) atoms. The first-order valence-corrected chi connectivity index (χ1v) is 5.07. The van der Waals surface area contributed by atoms with Crippen molar-refractivity contribution in [1.29, 1.82) is 0 Å². The summed E-state index contributed by atoms with van der Waals surface area (Å²) in [7, 11) is 5.45. The van der Waals surface area contributed by atoms with Crippen LogP contribution in [0.15, 0.2) is 0 Å². The van der Waals surface area contributed by atoms with Gasteiger partial charge in [-0.05, 0) is 13.5 Å². The molecule has 0 aromatic heterocycles. The van der Waals surface area contributed by atoms with Crippen LogP contribution in [0.5, 0.6) is 0 Å². The number of hydrogen-bond donors (Lipinski definition) is 0. The molecule has 4 heteroatoms. The van der Waals surface area contributed by atoms with Crippen LogP contribution in [0.1, 0.15) is 13.3 Å². The number of ether oxygens (including phenoxy) is 1. The maximum atomic E-state index is 10.8. The third-order valence-corrected chi connectivity index (χ3v) is 2.75. The van der Waals surface area contributed by atoms with E-state index < -0.39 is 0 Å². The van der Waals surface area contributed by atoms with Crippen molar-refractivity contribution in [3.8, 4) is 0 Å². The van der Waals surface area contributed by atoms with Gasteiger partial charge in [-0.15, -0.1) is 8.86 Å². The number of rotatable bonds is 2. The third kappa shape index (κ3) is 3.09. The van der Waals surface area contributed by atoms with Crippen LogP contribution in [-0.4, -0.2) is 42.9 Å². The summed E-state index contributed by atoms with van der Waals surface area (Å²) in [5.41, 5.74) is 0. The highest BCUT2D eigenvalue weighted by Gasteiger charge is 2.27. The van der Waals surface area contributed by atoms with E-state index in [4.69, 9.17) is 4.74 Å². The quantitative estimate of drug-likeness (QED) is 0.489. The second-order valence-electron chi connectivity index (χ2n) is 3.53. The molecule has 0 aromatic carbocycles. The number of carbonyl (C=O) groups is 1. The van der Waals surface area contributed by atoms with Crippen molar-refractivity contribution < 1.29 is 9.53 Å². The van der Waals surface area contributed by atoms with E-state index in [1.807, 2.05) is 5.80 Å². The molecule has 2 unspecified atom stereocenters. The lowest BCUT2D eigenvalue weighted by Crippen LogP contribution is -2.43. The van der Waals surface area contributed by atoms with Crippen LogP contribution in [0, 0.1) is 5.92 Å². The van der Waals surface area contributed by atoms with Gasteiger partial charge in [0.25, 0.3) is 0 Å². The van der Waals surface area contributed by atoms with Crippen molar-refractivity contribution in [2.75, 3.05) is 20.1 Å². The summed E-state index contributed by atoms with van der Waals surface area (Å²) in [6.45, 7) is 3.40. The number of carbonyl (C=O) groups excluding carboxylic acids is 1. The van der Waals surface area contributed by atoms with Crippen molar-refractivity contribution in [1.82, 2.24) is 4.90 Å². The van der Waals surface area contributed by atoms with E-state index in [1.165, 1.54) is 6.92 Å². The molecule has 1 aliphatic rings. The first-order chi connectivity index (χ1) is 6.13. The molecule has 0 radical (unpaired) electrons. The number of likely N-dealkylation sites (tertiary alicyclic amines) is 1. The monoisotopic (exact) mass is 201 g/mol. The molecule has 74 valence electrons. The van der Waals surface area contributed by atoms with Gasteiger partial charge in [0.2, 0.25) is 0 Å². The molecular weight excluding hydrogens is 185 g/mol. The maximum Gasteiger partial charge on any atom is 0.302 e. The van der Waals surface area contributed by atoms with Crippen LogP contribution in [0.2, 0.25) is 0 Å². The molecule has 0 bridgehead atoms. The molecule has 1 aliphatic heterocycles. The maximum absolute atomic E-state index is 10.8. The van der Waals surface area contributed by atoms with Crippen molar-refractivity contribution in [3.63, 3.8) is 0 Å². The number of piperidine rings is 1. The molecule has 0 N–H and O–H groups in total. The Morgan fingerprint density at radius 3 is 2.92 bits per heavy atom. The Bertz CT molecular complexity index is 208. The van der Waals surface area contributed by atoms with Gasteiger partial charge in [0.1, 0.15) is 6.10 Å². The SMILES string of the molecule is CC(=O)OC1CCN(C)CC1C=P. The molecule has 1 fully saturated rings. The number of hydrogen-bond acceptors (Lipinski definition) is 3. The van der Waals surface area contributed by atoms with Crippen molar-refractivity contribution in [2.45, 2.75) is 19.4 Å². The first-order valence-electron chi connectivity index (χ1n) is 4.50. The summed E-state index contributed by atoms with van der Waals surface area (Å²) in [5, 5.41) is 0. The Kier molecular flexibility index (Phi) is 3.89. The topological polar surface area (TPSA) is 29.5 Å². The number of esters is 1. The van der Waals surface area contributed by atoms with Gasteiger partial charge in [-0.2, -0.15) is 0 Å². The highest BCUT2D eigenvalue weighted by molar-refractivity contribution is 7.18. The highest BCUT2D eigenvalue weighted by Crippen LogP contribution is 2.18. The predicted molar refractivity (Wildman–Crippen MR) is 55.5 cm³/mol. The Morgan fingerprint density at radius 1 is 1.69 bits per heavy atom. The standard InChI is InChI=1S/C9H16NO2P/c1-7(11)12-9-3-4-10(2)5-8(9)6-13/h6,8-9,13H,3-5H2,1-2H3. The van der Waals surface area contributed by atoms with E-state index in [-0.39, 0.29) is 12.1 Å². The van der Waals surface area contributed by atoms with Gasteiger partial charge < -0.3 is 9.64 Å². The predicted octanol–water partition coefficient (Wildman–Crippen LogP) is 0.815. The van der Waals surface area contributed by atoms with E-state index in [1.54, 1.807) is 0 Å². The van der Waals surface area contributed by atoms with Gasteiger partial charge in [-0.3, -0.25) is 4.79 Å². The Morgan fingerprint density at radius 2 is 2.38 bits per heavy atom. The van der Waals surface area contributed by atoms with Crippen molar-refractivity contribution in [2.24, 2.45) is 5.92 Å². The zero-order valence-corrected chi connectivity index (χ0v) is 9.12. The molecular formula is C9H16NO2P. The van der Waals surface area contributed by atoms with Gasteiger partial charge in [-0.1, -0.05) is 5.80 Å². The summed E-state index contributed by atoms with van der Waals surface area (Å²) < 4.78 is 5.22. The van der Waals surface area contributed by atoms with E-state index in [9.17, 15) is 4.79 Å². The van der Waals surface area contributed by atoms with Gasteiger partial charge in [-0.25, -0.2) is 0 Å². The third-order valence-electron chi connectivity index (χ3n) is 2.33. The summed E-state index contributed by atoms with van der Waals surface area (Å²) >= 11 is 0. The fourth-order valence-corrected chi connectivity index (χ4v) is 1.97. The molecule has 0 spiro atoms. The lowest BCUT2D eigenvalue weighted by Gasteiger charge is -2.34. The average Bonchev–Trinajstić information content (AvgIpc) is 2.07. The lowest BCUT2D eigenvalue weighted by molar-refractivity contribution is -0.149. The van der Waals surface area contributed by atoms with E-state index >= 15 is 0 Å². The van der Waals surface area contributed by atoms with Crippen LogP contribution >= 0.6 is 8.86 Å². The van der Waals surface area contributed by atoms with Gasteiger partial charge in [0.15, 0.2) is 0 Å². The van der Waals surface area contributed by atoms with Gasteiger partial charge in [0.05, 0.1) is 0 Å². The second kappa shape index (κ2) is 4.73.